The maximum atomic E-state index is 12.9. The maximum absolute atomic E-state index is 12.9. The van der Waals surface area contributed by atoms with Crippen LogP contribution in [0.1, 0.15) is 25.3 Å². The van der Waals surface area contributed by atoms with Crippen molar-refractivity contribution in [1.29, 1.82) is 0 Å². The summed E-state index contributed by atoms with van der Waals surface area (Å²) in [6.45, 7) is 0.202. The summed E-state index contributed by atoms with van der Waals surface area (Å²) >= 11 is 0. The van der Waals surface area contributed by atoms with E-state index in [-0.39, 0.29) is 25.0 Å². The first-order valence-corrected chi connectivity index (χ1v) is 9.09. The van der Waals surface area contributed by atoms with Gasteiger partial charge in [0.2, 0.25) is 5.91 Å². The molecule has 0 spiro atoms. The van der Waals surface area contributed by atoms with Crippen LogP contribution in [-0.2, 0) is 40.1 Å². The molecule has 2 aliphatic heterocycles. The van der Waals surface area contributed by atoms with Crippen LogP contribution in [0.4, 0.5) is 11.4 Å². The fourth-order valence-electron chi connectivity index (χ4n) is 3.20. The number of rotatable bonds is 7. The largest absolute Gasteiger partial charge is 0.456 e. The second kappa shape index (κ2) is 8.54. The minimum Gasteiger partial charge on any atom is -0.456 e. The SMILES string of the molecule is CC(=O)NC1CON(C2(C(=O)OCc3cc([N+](=O)[O-])cc([N+](=O)[O-])c3)CCC(=O)O2)C1=O. The Morgan fingerprint density at radius 2 is 1.84 bits per heavy atom. The van der Waals surface area contributed by atoms with Gasteiger partial charge in [0.1, 0.15) is 19.3 Å². The van der Waals surface area contributed by atoms with Crippen molar-refractivity contribution in [3.8, 4) is 0 Å². The summed E-state index contributed by atoms with van der Waals surface area (Å²) in [6.07, 6.45) is -0.548. The highest BCUT2D eigenvalue weighted by molar-refractivity contribution is 5.94. The van der Waals surface area contributed by atoms with Crippen molar-refractivity contribution in [3.63, 3.8) is 0 Å². The fraction of sp³-hybridized carbons (Fsp3) is 0.412. The van der Waals surface area contributed by atoms with E-state index in [0.29, 0.717) is 5.06 Å². The number of nitro benzene ring substituents is 2. The van der Waals surface area contributed by atoms with Crippen LogP contribution in [0.3, 0.4) is 0 Å². The monoisotopic (exact) mass is 452 g/mol. The number of benzene rings is 1. The lowest BCUT2D eigenvalue weighted by atomic mass is 10.1. The van der Waals surface area contributed by atoms with Gasteiger partial charge in [-0.3, -0.25) is 39.4 Å². The highest BCUT2D eigenvalue weighted by Gasteiger charge is 2.59. The number of cyclic esters (lactones) is 1. The Bertz CT molecular complexity index is 994. The van der Waals surface area contributed by atoms with Gasteiger partial charge in [-0.15, -0.1) is 0 Å². The Labute approximate surface area is 178 Å². The summed E-state index contributed by atoms with van der Waals surface area (Å²) in [5.41, 5.74) is -3.54. The first-order chi connectivity index (χ1) is 15.0. The van der Waals surface area contributed by atoms with Gasteiger partial charge in [-0.1, -0.05) is 0 Å². The predicted molar refractivity (Wildman–Crippen MR) is 98.0 cm³/mol. The Morgan fingerprint density at radius 1 is 1.22 bits per heavy atom. The Hall–Kier alpha value is -4.14. The standard InChI is InChI=1S/C17H16N4O11/c1-9(22)18-13-8-31-19(15(13)24)17(3-2-14(23)32-17)16(25)30-7-10-4-11(20(26)27)6-12(5-10)21(28)29/h4-6,13H,2-3,7-8H2,1H3,(H,18,22). The van der Waals surface area contributed by atoms with E-state index in [1.165, 1.54) is 6.92 Å². The highest BCUT2D eigenvalue weighted by atomic mass is 16.8. The molecule has 2 atom stereocenters. The molecule has 2 saturated heterocycles. The number of nitrogens with one attached hydrogen (secondary N) is 1. The van der Waals surface area contributed by atoms with Gasteiger partial charge in [-0.25, -0.2) is 4.79 Å². The van der Waals surface area contributed by atoms with Crippen LogP contribution in [0.2, 0.25) is 0 Å². The second-order valence-electron chi connectivity index (χ2n) is 6.89. The van der Waals surface area contributed by atoms with Crippen molar-refractivity contribution in [2.45, 2.75) is 38.1 Å². The molecule has 1 aromatic carbocycles. The maximum Gasteiger partial charge on any atom is 0.375 e. The number of amides is 2. The number of esters is 2. The molecule has 170 valence electrons. The molecule has 32 heavy (non-hydrogen) atoms. The minimum atomic E-state index is -2.27. The molecule has 3 rings (SSSR count). The van der Waals surface area contributed by atoms with Gasteiger partial charge < -0.3 is 14.8 Å². The van der Waals surface area contributed by atoms with Gasteiger partial charge in [-0.05, 0) is 0 Å². The fourth-order valence-corrected chi connectivity index (χ4v) is 3.20. The van der Waals surface area contributed by atoms with E-state index in [1.807, 2.05) is 0 Å². The zero-order chi connectivity index (χ0) is 23.6. The number of carbonyl (C=O) groups excluding carboxylic acids is 4. The number of hydrogen-bond acceptors (Lipinski definition) is 11. The lowest BCUT2D eigenvalue weighted by molar-refractivity contribution is -0.394. The summed E-state index contributed by atoms with van der Waals surface area (Å²) in [6, 6.07) is 1.57. The predicted octanol–water partition coefficient (Wildman–Crippen LogP) is -0.142. The van der Waals surface area contributed by atoms with Crippen LogP contribution in [0, 0.1) is 20.2 Å². The van der Waals surface area contributed by atoms with Crippen molar-refractivity contribution in [3.05, 3.63) is 44.0 Å². The zero-order valence-electron chi connectivity index (χ0n) is 16.5. The Kier molecular flexibility index (Phi) is 6.02. The molecular weight excluding hydrogens is 436 g/mol. The quantitative estimate of drug-likeness (QED) is 0.328. The van der Waals surface area contributed by atoms with Gasteiger partial charge in [0.25, 0.3) is 17.3 Å². The summed E-state index contributed by atoms with van der Waals surface area (Å²) in [7, 11) is 0. The van der Waals surface area contributed by atoms with Gasteiger partial charge in [0.15, 0.2) is 0 Å². The van der Waals surface area contributed by atoms with Crippen LogP contribution in [-0.4, -0.2) is 57.0 Å². The van der Waals surface area contributed by atoms with Crippen LogP contribution in [0.25, 0.3) is 0 Å². The molecule has 15 heteroatoms. The number of ether oxygens (including phenoxy) is 2. The number of carbonyl (C=O) groups is 4. The molecule has 0 aliphatic carbocycles. The van der Waals surface area contributed by atoms with E-state index in [4.69, 9.17) is 14.3 Å². The number of nitrogens with zero attached hydrogens (tertiary/aromatic N) is 3. The molecular formula is C17H16N4O11. The van der Waals surface area contributed by atoms with Crippen LogP contribution >= 0.6 is 0 Å². The third kappa shape index (κ3) is 4.31. The van der Waals surface area contributed by atoms with E-state index in [9.17, 15) is 39.4 Å². The Morgan fingerprint density at radius 3 is 2.34 bits per heavy atom. The molecule has 15 nitrogen and oxygen atoms in total. The molecule has 0 bridgehead atoms. The molecule has 2 fully saturated rings. The van der Waals surface area contributed by atoms with Crippen LogP contribution in [0.5, 0.6) is 0 Å². The average molecular weight is 452 g/mol. The number of hydroxylamine groups is 2. The summed E-state index contributed by atoms with van der Waals surface area (Å²) in [5.74, 6) is -3.42. The first kappa shape index (κ1) is 22.5. The normalized spacial score (nSPS) is 22.4. The molecule has 2 unspecified atom stereocenters. The number of hydrogen-bond donors (Lipinski definition) is 1. The van der Waals surface area contributed by atoms with Crippen molar-refractivity contribution in [1.82, 2.24) is 10.4 Å². The minimum absolute atomic E-state index is 0.0801. The van der Waals surface area contributed by atoms with Crippen molar-refractivity contribution >= 4 is 35.1 Å². The molecule has 2 aliphatic rings. The smallest absolute Gasteiger partial charge is 0.375 e. The Balaban J connectivity index is 1.82. The third-order valence-corrected chi connectivity index (χ3v) is 4.60. The van der Waals surface area contributed by atoms with Crippen LogP contribution < -0.4 is 5.32 Å². The van der Waals surface area contributed by atoms with Crippen molar-refractivity contribution < 1.29 is 43.3 Å². The van der Waals surface area contributed by atoms with Gasteiger partial charge in [0, 0.05) is 31.0 Å². The topological polar surface area (TPSA) is 198 Å². The first-order valence-electron chi connectivity index (χ1n) is 9.09. The molecule has 0 saturated carbocycles. The lowest BCUT2D eigenvalue weighted by Crippen LogP contribution is -2.57. The average Bonchev–Trinajstić information content (AvgIpc) is 3.29. The zero-order valence-corrected chi connectivity index (χ0v) is 16.5. The summed E-state index contributed by atoms with van der Waals surface area (Å²) in [5, 5.41) is 24.9. The molecule has 2 amide bonds. The third-order valence-electron chi connectivity index (χ3n) is 4.60. The van der Waals surface area contributed by atoms with E-state index in [0.717, 1.165) is 18.2 Å². The van der Waals surface area contributed by atoms with Gasteiger partial charge in [-0.2, -0.15) is 5.06 Å². The van der Waals surface area contributed by atoms with E-state index >= 15 is 0 Å². The van der Waals surface area contributed by atoms with Gasteiger partial charge >= 0.3 is 17.7 Å². The second-order valence-corrected chi connectivity index (χ2v) is 6.89. The molecule has 0 aromatic heterocycles. The van der Waals surface area contributed by atoms with E-state index in [1.54, 1.807) is 0 Å². The van der Waals surface area contributed by atoms with Crippen molar-refractivity contribution in [2.24, 2.45) is 0 Å². The molecule has 1 aromatic rings. The molecule has 1 N–H and O–H groups in total. The van der Waals surface area contributed by atoms with Crippen LogP contribution in [0.15, 0.2) is 18.2 Å². The van der Waals surface area contributed by atoms with Gasteiger partial charge in [0.05, 0.1) is 22.3 Å². The molecule has 2 heterocycles. The summed E-state index contributed by atoms with van der Waals surface area (Å²) < 4.78 is 10.2. The summed E-state index contributed by atoms with van der Waals surface area (Å²) in [4.78, 5) is 74.0. The lowest BCUT2D eigenvalue weighted by Gasteiger charge is -2.32. The highest BCUT2D eigenvalue weighted by Crippen LogP contribution is 2.35. The van der Waals surface area contributed by atoms with E-state index < -0.39 is 63.3 Å². The number of nitro groups is 2. The number of non-ortho nitro benzene ring substituents is 2. The van der Waals surface area contributed by atoms with E-state index in [2.05, 4.69) is 5.32 Å². The molecule has 0 radical (unpaired) electrons. The van der Waals surface area contributed by atoms with Crippen molar-refractivity contribution in [2.75, 3.05) is 6.61 Å².